The maximum absolute atomic E-state index is 4.15. The Balaban J connectivity index is 1.78. The van der Waals surface area contributed by atoms with Crippen molar-refractivity contribution in [3.63, 3.8) is 0 Å². The number of aromatic nitrogens is 2. The largest absolute Gasteiger partial charge is 0.377 e. The molecule has 3 aromatic rings. The van der Waals surface area contributed by atoms with Crippen LogP contribution in [0.1, 0.15) is 31.0 Å². The summed E-state index contributed by atoms with van der Waals surface area (Å²) in [4.78, 5) is 0. The van der Waals surface area contributed by atoms with Gasteiger partial charge in [-0.1, -0.05) is 44.2 Å². The standard InChI is InChI=1S/C18H19N3/c1-18(2)10-12-6-3-4-7-13(12)17(18)20-15-8-5-9-16-14(15)11-19-21-16/h3-9,11,17,20H,10H2,1-2H3,(H,19,21). The van der Waals surface area contributed by atoms with E-state index in [-0.39, 0.29) is 5.41 Å². The van der Waals surface area contributed by atoms with Crippen LogP contribution in [0, 0.1) is 5.41 Å². The number of anilines is 1. The van der Waals surface area contributed by atoms with Gasteiger partial charge in [-0.05, 0) is 35.1 Å². The van der Waals surface area contributed by atoms with Crippen LogP contribution in [0.25, 0.3) is 10.9 Å². The lowest BCUT2D eigenvalue weighted by Gasteiger charge is -2.29. The zero-order valence-electron chi connectivity index (χ0n) is 12.4. The van der Waals surface area contributed by atoms with Gasteiger partial charge in [-0.2, -0.15) is 5.10 Å². The first kappa shape index (κ1) is 12.5. The fraction of sp³-hybridized carbons (Fsp3) is 0.278. The van der Waals surface area contributed by atoms with Crippen LogP contribution in [0.4, 0.5) is 5.69 Å². The van der Waals surface area contributed by atoms with Crippen molar-refractivity contribution in [1.82, 2.24) is 10.2 Å². The van der Waals surface area contributed by atoms with Crippen LogP contribution in [-0.2, 0) is 6.42 Å². The molecule has 1 aliphatic rings. The molecule has 0 bridgehead atoms. The summed E-state index contributed by atoms with van der Waals surface area (Å²) in [6.45, 7) is 4.67. The highest BCUT2D eigenvalue weighted by molar-refractivity contribution is 5.91. The molecule has 3 heteroatoms. The normalized spacial score (nSPS) is 19.6. The molecule has 0 amide bonds. The van der Waals surface area contributed by atoms with Crippen LogP contribution < -0.4 is 5.32 Å². The molecule has 4 rings (SSSR count). The van der Waals surface area contributed by atoms with Crippen LogP contribution in [0.3, 0.4) is 0 Å². The van der Waals surface area contributed by atoms with Gasteiger partial charge in [0.05, 0.1) is 17.8 Å². The molecular weight excluding hydrogens is 258 g/mol. The highest BCUT2D eigenvalue weighted by Gasteiger charge is 2.38. The van der Waals surface area contributed by atoms with Crippen LogP contribution in [-0.4, -0.2) is 10.2 Å². The summed E-state index contributed by atoms with van der Waals surface area (Å²) in [6.07, 6.45) is 3.01. The minimum absolute atomic E-state index is 0.204. The van der Waals surface area contributed by atoms with Crippen LogP contribution in [0.2, 0.25) is 0 Å². The lowest BCUT2D eigenvalue weighted by atomic mass is 9.85. The van der Waals surface area contributed by atoms with Gasteiger partial charge in [0.25, 0.3) is 0 Å². The Bertz CT molecular complexity index is 801. The lowest BCUT2D eigenvalue weighted by Crippen LogP contribution is -2.24. The summed E-state index contributed by atoms with van der Waals surface area (Å²) in [7, 11) is 0. The summed E-state index contributed by atoms with van der Waals surface area (Å²) in [6, 6.07) is 15.3. The molecule has 0 saturated heterocycles. The number of hydrogen-bond acceptors (Lipinski definition) is 2. The molecule has 0 aliphatic heterocycles. The Morgan fingerprint density at radius 1 is 1.14 bits per heavy atom. The van der Waals surface area contributed by atoms with E-state index in [1.807, 2.05) is 6.20 Å². The Morgan fingerprint density at radius 3 is 2.90 bits per heavy atom. The summed E-state index contributed by atoms with van der Waals surface area (Å²) in [5.41, 5.74) is 5.30. The van der Waals surface area contributed by atoms with Gasteiger partial charge in [0, 0.05) is 11.1 Å². The average Bonchev–Trinajstić information content (AvgIpc) is 3.02. The molecule has 3 nitrogen and oxygen atoms in total. The third kappa shape index (κ3) is 1.92. The van der Waals surface area contributed by atoms with Crippen molar-refractivity contribution in [3.8, 4) is 0 Å². The molecule has 1 aliphatic carbocycles. The monoisotopic (exact) mass is 277 g/mol. The quantitative estimate of drug-likeness (QED) is 0.733. The molecule has 21 heavy (non-hydrogen) atoms. The van der Waals surface area contributed by atoms with E-state index < -0.39 is 0 Å². The number of H-pyrrole nitrogens is 1. The van der Waals surface area contributed by atoms with E-state index in [9.17, 15) is 0 Å². The van der Waals surface area contributed by atoms with Gasteiger partial charge >= 0.3 is 0 Å². The third-order valence-corrected chi connectivity index (χ3v) is 4.58. The van der Waals surface area contributed by atoms with E-state index in [0.717, 1.165) is 23.0 Å². The number of hydrogen-bond donors (Lipinski definition) is 2. The van der Waals surface area contributed by atoms with E-state index in [2.05, 4.69) is 71.8 Å². The van der Waals surface area contributed by atoms with Gasteiger partial charge in [0.2, 0.25) is 0 Å². The fourth-order valence-corrected chi connectivity index (χ4v) is 3.51. The Morgan fingerprint density at radius 2 is 2.00 bits per heavy atom. The van der Waals surface area contributed by atoms with E-state index in [1.165, 1.54) is 11.1 Å². The number of nitrogens with one attached hydrogen (secondary N) is 2. The highest BCUT2D eigenvalue weighted by Crippen LogP contribution is 2.47. The molecule has 1 atom stereocenters. The molecule has 1 heterocycles. The third-order valence-electron chi connectivity index (χ3n) is 4.58. The van der Waals surface area contributed by atoms with Crippen molar-refractivity contribution in [3.05, 3.63) is 59.8 Å². The first-order valence-corrected chi connectivity index (χ1v) is 7.41. The molecule has 2 N–H and O–H groups in total. The van der Waals surface area contributed by atoms with Crippen molar-refractivity contribution in [1.29, 1.82) is 0 Å². The summed E-state index contributed by atoms with van der Waals surface area (Å²) in [5, 5.41) is 12.1. The maximum atomic E-state index is 4.15. The molecular formula is C18H19N3. The van der Waals surface area contributed by atoms with Crippen LogP contribution >= 0.6 is 0 Å². The van der Waals surface area contributed by atoms with E-state index in [0.29, 0.717) is 6.04 Å². The smallest absolute Gasteiger partial charge is 0.0671 e. The van der Waals surface area contributed by atoms with E-state index in [1.54, 1.807) is 0 Å². The second-order valence-corrected chi connectivity index (χ2v) is 6.58. The second-order valence-electron chi connectivity index (χ2n) is 6.58. The molecule has 0 spiro atoms. The summed E-state index contributed by atoms with van der Waals surface area (Å²) in [5.74, 6) is 0. The number of nitrogens with zero attached hydrogens (tertiary/aromatic N) is 1. The number of benzene rings is 2. The van der Waals surface area contributed by atoms with Crippen LogP contribution in [0.5, 0.6) is 0 Å². The van der Waals surface area contributed by atoms with Crippen molar-refractivity contribution in [2.45, 2.75) is 26.3 Å². The topological polar surface area (TPSA) is 40.7 Å². The number of rotatable bonds is 2. The SMILES string of the molecule is CC1(C)Cc2ccccc2C1Nc1cccc2[nH]ncc12. The predicted molar refractivity (Wildman–Crippen MR) is 86.4 cm³/mol. The number of fused-ring (bicyclic) bond motifs is 2. The first-order chi connectivity index (χ1) is 10.1. The first-order valence-electron chi connectivity index (χ1n) is 7.41. The van der Waals surface area contributed by atoms with Crippen LogP contribution in [0.15, 0.2) is 48.7 Å². The van der Waals surface area contributed by atoms with Crippen molar-refractivity contribution in [2.24, 2.45) is 5.41 Å². The molecule has 0 radical (unpaired) electrons. The minimum Gasteiger partial charge on any atom is -0.377 e. The van der Waals surface area contributed by atoms with Crippen molar-refractivity contribution >= 4 is 16.6 Å². The molecule has 0 saturated carbocycles. The molecule has 2 aromatic carbocycles. The van der Waals surface area contributed by atoms with Gasteiger partial charge in [0.15, 0.2) is 0 Å². The highest BCUT2D eigenvalue weighted by atomic mass is 15.1. The van der Waals surface area contributed by atoms with Gasteiger partial charge in [-0.25, -0.2) is 0 Å². The maximum Gasteiger partial charge on any atom is 0.0671 e. The molecule has 106 valence electrons. The Kier molecular flexibility index (Phi) is 2.58. The fourth-order valence-electron chi connectivity index (χ4n) is 3.51. The summed E-state index contributed by atoms with van der Waals surface area (Å²) >= 11 is 0. The van der Waals surface area contributed by atoms with Crippen molar-refractivity contribution < 1.29 is 0 Å². The molecule has 1 unspecified atom stereocenters. The molecule has 1 aromatic heterocycles. The van der Waals surface area contributed by atoms with Gasteiger partial charge < -0.3 is 5.32 Å². The molecule has 0 fully saturated rings. The van der Waals surface area contributed by atoms with E-state index in [4.69, 9.17) is 0 Å². The van der Waals surface area contributed by atoms with Gasteiger partial charge in [-0.15, -0.1) is 0 Å². The Hall–Kier alpha value is -2.29. The van der Waals surface area contributed by atoms with Gasteiger partial charge in [0.1, 0.15) is 0 Å². The average molecular weight is 277 g/mol. The Labute approximate surface area is 124 Å². The lowest BCUT2D eigenvalue weighted by molar-refractivity contribution is 0.337. The van der Waals surface area contributed by atoms with Crippen molar-refractivity contribution in [2.75, 3.05) is 5.32 Å². The van der Waals surface area contributed by atoms with E-state index >= 15 is 0 Å². The zero-order chi connectivity index (χ0) is 14.4. The minimum atomic E-state index is 0.204. The zero-order valence-corrected chi connectivity index (χ0v) is 12.4. The predicted octanol–water partition coefficient (Wildman–Crippen LogP) is 4.30. The van der Waals surface area contributed by atoms with Gasteiger partial charge in [-0.3, -0.25) is 5.10 Å². The number of aromatic amines is 1. The second kappa shape index (κ2) is 4.35. The summed E-state index contributed by atoms with van der Waals surface area (Å²) < 4.78 is 0.